The van der Waals surface area contributed by atoms with Gasteiger partial charge in [-0.3, -0.25) is 14.4 Å². The Hall–Kier alpha value is -2.95. The van der Waals surface area contributed by atoms with Crippen LogP contribution in [0.2, 0.25) is 0 Å². The fourth-order valence-corrected chi connectivity index (χ4v) is 4.00. The highest BCUT2D eigenvalue weighted by atomic mass is 16.5. The molecule has 0 saturated heterocycles. The topological polar surface area (TPSA) is 72.5 Å². The van der Waals surface area contributed by atoms with E-state index in [0.29, 0.717) is 17.0 Å². The molecular weight excluding hydrogens is 402 g/mol. The number of anilines is 1. The van der Waals surface area contributed by atoms with Gasteiger partial charge in [0, 0.05) is 5.69 Å². The highest BCUT2D eigenvalue weighted by molar-refractivity contribution is 6.45. The Labute approximate surface area is 190 Å². The van der Waals surface area contributed by atoms with Gasteiger partial charge in [-0.05, 0) is 42.7 Å². The smallest absolute Gasteiger partial charge is 0.292 e. The minimum Gasteiger partial charge on any atom is -0.492 e. The van der Waals surface area contributed by atoms with Gasteiger partial charge in [0.05, 0.1) is 5.56 Å². The fraction of sp³-hybridized carbons (Fsp3) is 0.444. The van der Waals surface area contributed by atoms with E-state index in [4.69, 9.17) is 4.74 Å². The summed E-state index contributed by atoms with van der Waals surface area (Å²) in [7, 11) is 0. The van der Waals surface area contributed by atoms with Gasteiger partial charge in [-0.15, -0.1) is 0 Å². The maximum absolute atomic E-state index is 12.6. The number of carbonyl (C=O) groups excluding carboxylic acids is 3. The minimum absolute atomic E-state index is 0.111. The van der Waals surface area contributed by atoms with Crippen LogP contribution in [-0.4, -0.2) is 24.1 Å². The normalized spacial score (nSPS) is 15.0. The number of aryl methyl sites for hydroxylation is 1. The molecule has 3 rings (SSSR count). The van der Waals surface area contributed by atoms with Gasteiger partial charge in [0.1, 0.15) is 18.3 Å². The fourth-order valence-electron chi connectivity index (χ4n) is 4.00. The Morgan fingerprint density at radius 3 is 2.28 bits per heavy atom. The molecule has 0 spiro atoms. The number of carbonyl (C=O) groups is 3. The number of hydrogen-bond donors (Lipinski definition) is 1. The van der Waals surface area contributed by atoms with Crippen molar-refractivity contribution < 1.29 is 19.1 Å². The van der Waals surface area contributed by atoms with Gasteiger partial charge in [0.15, 0.2) is 5.78 Å². The van der Waals surface area contributed by atoms with Gasteiger partial charge in [0.25, 0.3) is 5.91 Å². The molecule has 1 amide bonds. The number of hydrogen-bond acceptors (Lipinski definition) is 4. The first-order valence-electron chi connectivity index (χ1n) is 11.8. The quantitative estimate of drug-likeness (QED) is 0.261. The zero-order valence-electron chi connectivity index (χ0n) is 18.9. The summed E-state index contributed by atoms with van der Waals surface area (Å²) in [6, 6.07) is 14.3. The van der Waals surface area contributed by atoms with Crippen LogP contribution in [0.15, 0.2) is 48.5 Å². The molecule has 1 heterocycles. The predicted molar refractivity (Wildman–Crippen MR) is 126 cm³/mol. The number of ketones is 2. The molecule has 0 fully saturated rings. The molecule has 2 aromatic carbocycles. The van der Waals surface area contributed by atoms with Crippen LogP contribution in [0, 0.1) is 5.92 Å². The van der Waals surface area contributed by atoms with Gasteiger partial charge < -0.3 is 10.1 Å². The summed E-state index contributed by atoms with van der Waals surface area (Å²) in [5.74, 6) is -2.58. The molecule has 1 atom stereocenters. The van der Waals surface area contributed by atoms with Crippen molar-refractivity contribution in [3.63, 3.8) is 0 Å². The maximum Gasteiger partial charge on any atom is 0.292 e. The van der Waals surface area contributed by atoms with Crippen molar-refractivity contribution in [2.24, 2.45) is 5.92 Å². The average Bonchev–Trinajstić information content (AvgIpc) is 2.82. The van der Waals surface area contributed by atoms with E-state index in [-0.39, 0.29) is 12.4 Å². The minimum atomic E-state index is -1.11. The van der Waals surface area contributed by atoms with Crippen molar-refractivity contribution in [1.82, 2.24) is 0 Å². The first-order valence-corrected chi connectivity index (χ1v) is 11.8. The number of fused-ring (bicyclic) bond motifs is 1. The summed E-state index contributed by atoms with van der Waals surface area (Å²) in [5, 5.41) is 2.62. The molecule has 32 heavy (non-hydrogen) atoms. The van der Waals surface area contributed by atoms with Crippen molar-refractivity contribution in [3.05, 3.63) is 59.7 Å². The van der Waals surface area contributed by atoms with Gasteiger partial charge >= 0.3 is 0 Å². The van der Waals surface area contributed by atoms with Gasteiger partial charge in [-0.2, -0.15) is 0 Å². The van der Waals surface area contributed by atoms with Crippen LogP contribution in [0.3, 0.4) is 0 Å². The Bertz CT molecular complexity index is 920. The molecule has 5 nitrogen and oxygen atoms in total. The first kappa shape index (κ1) is 23.7. The van der Waals surface area contributed by atoms with E-state index in [2.05, 4.69) is 12.2 Å². The lowest BCUT2D eigenvalue weighted by molar-refractivity contribution is -0.137. The van der Waals surface area contributed by atoms with Crippen LogP contribution in [0.4, 0.5) is 5.69 Å². The lowest BCUT2D eigenvalue weighted by Crippen LogP contribution is -2.40. The molecule has 2 aromatic rings. The summed E-state index contributed by atoms with van der Waals surface area (Å²) in [6.45, 7) is 2.13. The first-order chi connectivity index (χ1) is 15.6. The Morgan fingerprint density at radius 1 is 0.906 bits per heavy atom. The van der Waals surface area contributed by atoms with Crippen LogP contribution in [0.25, 0.3) is 0 Å². The number of nitrogens with one attached hydrogen (secondary N) is 1. The van der Waals surface area contributed by atoms with E-state index in [9.17, 15) is 14.4 Å². The zero-order chi connectivity index (χ0) is 22.8. The van der Waals surface area contributed by atoms with Gasteiger partial charge in [0.2, 0.25) is 5.78 Å². The molecule has 1 aliphatic rings. The molecule has 170 valence electrons. The molecule has 0 saturated carbocycles. The molecule has 0 aromatic heterocycles. The molecule has 1 N–H and O–H groups in total. The van der Waals surface area contributed by atoms with E-state index in [0.717, 1.165) is 12.8 Å². The van der Waals surface area contributed by atoms with Crippen molar-refractivity contribution >= 4 is 23.2 Å². The van der Waals surface area contributed by atoms with Crippen molar-refractivity contribution in [2.75, 3.05) is 11.9 Å². The Morgan fingerprint density at radius 2 is 1.56 bits per heavy atom. The standard InChI is InChI=1S/C27H33NO4/c1-2-3-4-5-6-7-8-9-12-20-15-17-21(18-16-20)28-27(31)26(30)23-19-32-24-14-11-10-13-22(24)25(23)29/h10-11,13-18,23H,2-9,12,19H2,1H3,(H,28,31). The zero-order valence-corrected chi connectivity index (χ0v) is 18.9. The summed E-state index contributed by atoms with van der Waals surface area (Å²) in [6.07, 6.45) is 11.3. The number of ether oxygens (including phenoxy) is 1. The van der Waals surface area contributed by atoms with Gasteiger partial charge in [-0.25, -0.2) is 0 Å². The van der Waals surface area contributed by atoms with Gasteiger partial charge in [-0.1, -0.05) is 76.1 Å². The average molecular weight is 436 g/mol. The third-order valence-corrected chi connectivity index (χ3v) is 5.95. The van der Waals surface area contributed by atoms with Crippen molar-refractivity contribution in [3.8, 4) is 5.75 Å². The van der Waals surface area contributed by atoms with E-state index in [1.54, 1.807) is 36.4 Å². The number of Topliss-reactive ketones (excluding diaryl/α,β-unsaturated/α-hetero) is 2. The van der Waals surface area contributed by atoms with Crippen LogP contribution in [0.5, 0.6) is 5.75 Å². The summed E-state index contributed by atoms with van der Waals surface area (Å²) in [4.78, 5) is 37.6. The molecule has 0 aliphatic carbocycles. The molecule has 1 unspecified atom stereocenters. The summed E-state index contributed by atoms with van der Waals surface area (Å²) >= 11 is 0. The summed E-state index contributed by atoms with van der Waals surface area (Å²) < 4.78 is 5.50. The molecule has 0 bridgehead atoms. The number of para-hydroxylation sites is 1. The predicted octanol–water partition coefficient (Wildman–Crippen LogP) is 5.77. The lowest BCUT2D eigenvalue weighted by atomic mass is 9.91. The molecular formula is C27H33NO4. The Balaban J connectivity index is 1.42. The number of amides is 1. The SMILES string of the molecule is CCCCCCCCCCc1ccc(NC(=O)C(=O)C2COc3ccccc3C2=O)cc1. The van der Waals surface area contributed by atoms with E-state index < -0.39 is 17.6 Å². The third kappa shape index (κ3) is 6.52. The molecule has 5 heteroatoms. The van der Waals surface area contributed by atoms with Crippen molar-refractivity contribution in [1.29, 1.82) is 0 Å². The number of unbranched alkanes of at least 4 members (excludes halogenated alkanes) is 7. The number of rotatable bonds is 12. The monoisotopic (exact) mass is 435 g/mol. The largest absolute Gasteiger partial charge is 0.492 e. The van der Waals surface area contributed by atoms with Crippen LogP contribution >= 0.6 is 0 Å². The second kappa shape index (κ2) is 12.2. The van der Waals surface area contributed by atoms with Crippen LogP contribution in [-0.2, 0) is 16.0 Å². The highest BCUT2D eigenvalue weighted by Crippen LogP contribution is 2.27. The lowest BCUT2D eigenvalue weighted by Gasteiger charge is -2.22. The van der Waals surface area contributed by atoms with E-state index >= 15 is 0 Å². The van der Waals surface area contributed by atoms with E-state index in [1.807, 2.05) is 12.1 Å². The maximum atomic E-state index is 12.6. The third-order valence-electron chi connectivity index (χ3n) is 5.95. The Kier molecular flexibility index (Phi) is 9.02. The molecule has 0 radical (unpaired) electrons. The van der Waals surface area contributed by atoms with Crippen molar-refractivity contribution in [2.45, 2.75) is 64.7 Å². The second-order valence-corrected chi connectivity index (χ2v) is 8.46. The highest BCUT2D eigenvalue weighted by Gasteiger charge is 2.37. The number of benzene rings is 2. The van der Waals surface area contributed by atoms with E-state index in [1.165, 1.54) is 50.5 Å². The van der Waals surface area contributed by atoms with Crippen LogP contribution < -0.4 is 10.1 Å². The summed E-state index contributed by atoms with van der Waals surface area (Å²) in [5.41, 5.74) is 2.11. The molecule has 1 aliphatic heterocycles. The second-order valence-electron chi connectivity index (χ2n) is 8.46. The van der Waals surface area contributed by atoms with Crippen LogP contribution in [0.1, 0.15) is 74.2 Å².